The lowest BCUT2D eigenvalue weighted by molar-refractivity contribution is -0.147. The second kappa shape index (κ2) is 6.54. The Morgan fingerprint density at radius 3 is 2.76 bits per heavy atom. The molecule has 0 aliphatic rings. The number of benzene rings is 1. The van der Waals surface area contributed by atoms with Crippen LogP contribution in [0.5, 0.6) is 0 Å². The van der Waals surface area contributed by atoms with Crippen LogP contribution in [0.15, 0.2) is 30.5 Å². The standard InChI is InChI=1S/C15H14F3N5O2/c1-2-25-13(24)9-22-7-10(20-21-22)8-23-12-6-4-3-5-11(12)19-14(23)15(16,17)18/h3-7H,2,8-9H2,1H3. The van der Waals surface area contributed by atoms with Crippen molar-refractivity contribution >= 4 is 17.0 Å². The van der Waals surface area contributed by atoms with Crippen LogP contribution >= 0.6 is 0 Å². The van der Waals surface area contributed by atoms with Crippen LogP contribution in [0.1, 0.15) is 18.4 Å². The summed E-state index contributed by atoms with van der Waals surface area (Å²) in [6, 6.07) is 6.33. The van der Waals surface area contributed by atoms with Gasteiger partial charge in [0.25, 0.3) is 0 Å². The van der Waals surface area contributed by atoms with Crippen molar-refractivity contribution < 1.29 is 22.7 Å². The van der Waals surface area contributed by atoms with Crippen molar-refractivity contribution in [1.29, 1.82) is 0 Å². The number of aromatic nitrogens is 5. The average molecular weight is 353 g/mol. The monoisotopic (exact) mass is 353 g/mol. The minimum Gasteiger partial charge on any atom is -0.465 e. The minimum atomic E-state index is -4.60. The first kappa shape index (κ1) is 16.9. The predicted molar refractivity (Wildman–Crippen MR) is 80.5 cm³/mol. The summed E-state index contributed by atoms with van der Waals surface area (Å²) in [7, 11) is 0. The second-order valence-corrected chi connectivity index (χ2v) is 5.22. The molecule has 3 rings (SSSR count). The molecule has 132 valence electrons. The molecule has 0 spiro atoms. The first-order valence-corrected chi connectivity index (χ1v) is 7.45. The van der Waals surface area contributed by atoms with Crippen LogP contribution < -0.4 is 0 Å². The van der Waals surface area contributed by atoms with E-state index < -0.39 is 18.0 Å². The highest BCUT2D eigenvalue weighted by atomic mass is 19.4. The van der Waals surface area contributed by atoms with Gasteiger partial charge in [0, 0.05) is 0 Å². The molecule has 0 unspecified atom stereocenters. The molecule has 0 bridgehead atoms. The fraction of sp³-hybridized carbons (Fsp3) is 0.333. The van der Waals surface area contributed by atoms with Crippen LogP contribution in [0.4, 0.5) is 13.2 Å². The number of alkyl halides is 3. The third-order valence-corrected chi connectivity index (χ3v) is 3.41. The van der Waals surface area contributed by atoms with Crippen LogP contribution in [-0.4, -0.2) is 37.1 Å². The number of imidazole rings is 1. The molecule has 0 aliphatic carbocycles. The van der Waals surface area contributed by atoms with E-state index in [4.69, 9.17) is 4.74 Å². The number of fused-ring (bicyclic) bond motifs is 1. The minimum absolute atomic E-state index is 0.155. The number of esters is 1. The molecule has 1 aromatic carbocycles. The molecule has 0 N–H and O–H groups in total. The van der Waals surface area contributed by atoms with E-state index in [1.807, 2.05) is 0 Å². The highest BCUT2D eigenvalue weighted by Crippen LogP contribution is 2.31. The largest absolute Gasteiger partial charge is 0.465 e. The van der Waals surface area contributed by atoms with Gasteiger partial charge in [-0.2, -0.15) is 13.2 Å². The molecule has 7 nitrogen and oxygen atoms in total. The first-order chi connectivity index (χ1) is 11.9. The van der Waals surface area contributed by atoms with Gasteiger partial charge in [0.1, 0.15) is 12.2 Å². The molecule has 3 aromatic rings. The van der Waals surface area contributed by atoms with Crippen molar-refractivity contribution in [2.24, 2.45) is 0 Å². The van der Waals surface area contributed by atoms with E-state index in [0.717, 1.165) is 4.57 Å². The van der Waals surface area contributed by atoms with Crippen LogP contribution in [0.3, 0.4) is 0 Å². The highest BCUT2D eigenvalue weighted by Gasteiger charge is 2.37. The SMILES string of the molecule is CCOC(=O)Cn1cc(Cn2c(C(F)(F)F)nc3ccccc32)nn1. The van der Waals surface area contributed by atoms with Crippen LogP contribution in [-0.2, 0) is 28.8 Å². The molecular formula is C15H14F3N5O2. The Morgan fingerprint density at radius 1 is 1.28 bits per heavy atom. The summed E-state index contributed by atoms with van der Waals surface area (Å²) in [6.07, 6.45) is -3.19. The molecule has 2 aromatic heterocycles. The van der Waals surface area contributed by atoms with E-state index in [9.17, 15) is 18.0 Å². The van der Waals surface area contributed by atoms with E-state index in [1.54, 1.807) is 25.1 Å². The van der Waals surface area contributed by atoms with E-state index in [-0.39, 0.29) is 30.9 Å². The zero-order chi connectivity index (χ0) is 18.0. The molecule has 0 atom stereocenters. The molecule has 0 radical (unpaired) electrons. The fourth-order valence-electron chi connectivity index (χ4n) is 2.44. The van der Waals surface area contributed by atoms with Crippen molar-refractivity contribution in [2.45, 2.75) is 26.2 Å². The van der Waals surface area contributed by atoms with Crippen LogP contribution in [0.2, 0.25) is 0 Å². The molecule has 0 fully saturated rings. The maximum atomic E-state index is 13.3. The Bertz CT molecular complexity index is 900. The van der Waals surface area contributed by atoms with Gasteiger partial charge in [0.15, 0.2) is 0 Å². The van der Waals surface area contributed by atoms with Gasteiger partial charge in [0.2, 0.25) is 5.82 Å². The smallest absolute Gasteiger partial charge is 0.449 e. The van der Waals surface area contributed by atoms with Crippen molar-refractivity contribution in [2.75, 3.05) is 6.61 Å². The zero-order valence-corrected chi connectivity index (χ0v) is 13.2. The van der Waals surface area contributed by atoms with Gasteiger partial charge in [-0.1, -0.05) is 17.3 Å². The average Bonchev–Trinajstić information content (AvgIpc) is 3.13. The summed E-state index contributed by atoms with van der Waals surface area (Å²) in [6.45, 7) is 1.58. The van der Waals surface area contributed by atoms with Gasteiger partial charge >= 0.3 is 12.1 Å². The number of carbonyl (C=O) groups is 1. The van der Waals surface area contributed by atoms with Gasteiger partial charge in [-0.05, 0) is 19.1 Å². The van der Waals surface area contributed by atoms with Crippen molar-refractivity contribution in [3.05, 3.63) is 42.0 Å². The predicted octanol–water partition coefficient (Wildman–Crippen LogP) is 2.26. The third-order valence-electron chi connectivity index (χ3n) is 3.41. The molecule has 2 heterocycles. The van der Waals surface area contributed by atoms with E-state index >= 15 is 0 Å². The number of hydrogen-bond acceptors (Lipinski definition) is 5. The third kappa shape index (κ3) is 3.62. The molecule has 0 saturated carbocycles. The van der Waals surface area contributed by atoms with E-state index in [1.165, 1.54) is 16.9 Å². The first-order valence-electron chi connectivity index (χ1n) is 7.45. The quantitative estimate of drug-likeness (QED) is 0.658. The summed E-state index contributed by atoms with van der Waals surface area (Å²) in [5.74, 6) is -1.50. The highest BCUT2D eigenvalue weighted by molar-refractivity contribution is 5.76. The summed E-state index contributed by atoms with van der Waals surface area (Å²) >= 11 is 0. The topological polar surface area (TPSA) is 74.8 Å². The van der Waals surface area contributed by atoms with Gasteiger partial charge in [-0.3, -0.25) is 4.79 Å². The Morgan fingerprint density at radius 2 is 2.04 bits per heavy atom. The Labute approximate surface area is 140 Å². The maximum Gasteiger partial charge on any atom is 0.449 e. The van der Waals surface area contributed by atoms with Gasteiger partial charge in [0.05, 0.1) is 30.4 Å². The Kier molecular flexibility index (Phi) is 4.43. The summed E-state index contributed by atoms with van der Waals surface area (Å²) in [5, 5.41) is 7.57. The van der Waals surface area contributed by atoms with E-state index in [2.05, 4.69) is 15.3 Å². The van der Waals surface area contributed by atoms with E-state index in [0.29, 0.717) is 5.52 Å². The number of rotatable bonds is 5. The summed E-state index contributed by atoms with van der Waals surface area (Å²) in [4.78, 5) is 15.1. The molecule has 10 heteroatoms. The Hall–Kier alpha value is -2.91. The lowest BCUT2D eigenvalue weighted by Gasteiger charge is -2.09. The van der Waals surface area contributed by atoms with Gasteiger partial charge in [-0.15, -0.1) is 5.10 Å². The number of halogens is 3. The normalized spacial score (nSPS) is 11.8. The Balaban J connectivity index is 1.90. The molecular weight excluding hydrogens is 339 g/mol. The molecule has 0 amide bonds. The summed E-state index contributed by atoms with van der Waals surface area (Å²) < 4.78 is 46.8. The number of hydrogen-bond donors (Lipinski definition) is 0. The molecule has 0 aliphatic heterocycles. The number of nitrogens with zero attached hydrogens (tertiary/aromatic N) is 5. The number of ether oxygens (including phenoxy) is 1. The summed E-state index contributed by atoms with van der Waals surface area (Å²) in [5.41, 5.74) is 0.862. The number of carbonyl (C=O) groups excluding carboxylic acids is 1. The zero-order valence-electron chi connectivity index (χ0n) is 13.2. The lowest BCUT2D eigenvalue weighted by atomic mass is 10.3. The molecule has 25 heavy (non-hydrogen) atoms. The van der Waals surface area contributed by atoms with Crippen LogP contribution in [0.25, 0.3) is 11.0 Å². The fourth-order valence-corrected chi connectivity index (χ4v) is 2.44. The molecule has 0 saturated heterocycles. The lowest BCUT2D eigenvalue weighted by Crippen LogP contribution is -2.16. The van der Waals surface area contributed by atoms with Gasteiger partial charge < -0.3 is 9.30 Å². The van der Waals surface area contributed by atoms with Crippen molar-refractivity contribution in [3.63, 3.8) is 0 Å². The maximum absolute atomic E-state index is 13.3. The van der Waals surface area contributed by atoms with Crippen molar-refractivity contribution in [1.82, 2.24) is 24.5 Å². The van der Waals surface area contributed by atoms with Crippen LogP contribution in [0, 0.1) is 0 Å². The number of para-hydroxylation sites is 2. The second-order valence-electron chi connectivity index (χ2n) is 5.22. The van der Waals surface area contributed by atoms with Crippen molar-refractivity contribution in [3.8, 4) is 0 Å². The van der Waals surface area contributed by atoms with Gasteiger partial charge in [-0.25, -0.2) is 9.67 Å².